The standard InChI is InChI=1S/C25H27N3O3/c1-30-21-13-6-7-14-22(21)31-23-15-16-26-24(28-23)18-9-8-10-19(17-18)25(29)27-20-11-4-2-3-5-12-20/h6-10,13-17,20H,2-5,11-12H2,1H3,(H,27,29). The fraction of sp³-hybridized carbons (Fsp3) is 0.320. The molecule has 0 unspecified atom stereocenters. The Morgan fingerprint density at radius 2 is 1.74 bits per heavy atom. The molecule has 0 bridgehead atoms. The lowest BCUT2D eigenvalue weighted by Gasteiger charge is -2.16. The molecule has 6 nitrogen and oxygen atoms in total. The number of benzene rings is 2. The summed E-state index contributed by atoms with van der Waals surface area (Å²) in [5.74, 6) is 2.06. The number of carbonyl (C=O) groups excluding carboxylic acids is 1. The number of hydrogen-bond donors (Lipinski definition) is 1. The average molecular weight is 418 g/mol. The van der Waals surface area contributed by atoms with Gasteiger partial charge < -0.3 is 14.8 Å². The van der Waals surface area contributed by atoms with Gasteiger partial charge >= 0.3 is 0 Å². The summed E-state index contributed by atoms with van der Waals surface area (Å²) >= 11 is 0. The van der Waals surface area contributed by atoms with Crippen molar-refractivity contribution in [3.05, 3.63) is 66.4 Å². The van der Waals surface area contributed by atoms with E-state index in [9.17, 15) is 4.79 Å². The molecule has 4 rings (SSSR count). The van der Waals surface area contributed by atoms with Crippen molar-refractivity contribution in [2.24, 2.45) is 0 Å². The van der Waals surface area contributed by atoms with Crippen LogP contribution in [0, 0.1) is 0 Å². The Morgan fingerprint density at radius 1 is 0.968 bits per heavy atom. The second-order valence-electron chi connectivity index (χ2n) is 7.71. The summed E-state index contributed by atoms with van der Waals surface area (Å²) in [7, 11) is 1.60. The summed E-state index contributed by atoms with van der Waals surface area (Å²) in [6.07, 6.45) is 8.62. The smallest absolute Gasteiger partial charge is 0.251 e. The van der Waals surface area contributed by atoms with Crippen molar-refractivity contribution in [2.45, 2.75) is 44.6 Å². The van der Waals surface area contributed by atoms with Crippen LogP contribution in [0.1, 0.15) is 48.9 Å². The van der Waals surface area contributed by atoms with E-state index < -0.39 is 0 Å². The predicted molar refractivity (Wildman–Crippen MR) is 119 cm³/mol. The lowest BCUT2D eigenvalue weighted by Crippen LogP contribution is -2.34. The van der Waals surface area contributed by atoms with E-state index in [4.69, 9.17) is 9.47 Å². The van der Waals surface area contributed by atoms with E-state index in [0.717, 1.165) is 18.4 Å². The van der Waals surface area contributed by atoms with Crippen LogP contribution in [-0.2, 0) is 0 Å². The molecule has 1 aliphatic carbocycles. The number of methoxy groups -OCH3 is 1. The maximum Gasteiger partial charge on any atom is 0.251 e. The number of nitrogens with zero attached hydrogens (tertiary/aromatic N) is 2. The van der Waals surface area contributed by atoms with E-state index in [2.05, 4.69) is 15.3 Å². The first-order chi connectivity index (χ1) is 15.2. The van der Waals surface area contributed by atoms with Gasteiger partial charge in [0.15, 0.2) is 17.3 Å². The molecule has 1 fully saturated rings. The van der Waals surface area contributed by atoms with Crippen LogP contribution in [-0.4, -0.2) is 29.0 Å². The summed E-state index contributed by atoms with van der Waals surface area (Å²) in [6.45, 7) is 0. The van der Waals surface area contributed by atoms with Gasteiger partial charge in [-0.1, -0.05) is 49.9 Å². The number of rotatable bonds is 6. The third-order valence-corrected chi connectivity index (χ3v) is 5.49. The maximum atomic E-state index is 12.8. The van der Waals surface area contributed by atoms with Crippen molar-refractivity contribution in [1.29, 1.82) is 0 Å². The van der Waals surface area contributed by atoms with E-state index in [0.29, 0.717) is 28.8 Å². The molecule has 1 aromatic heterocycles. The van der Waals surface area contributed by atoms with E-state index in [1.165, 1.54) is 25.7 Å². The van der Waals surface area contributed by atoms with Crippen molar-refractivity contribution in [2.75, 3.05) is 7.11 Å². The quantitative estimate of drug-likeness (QED) is 0.544. The van der Waals surface area contributed by atoms with Crippen molar-refractivity contribution in [3.63, 3.8) is 0 Å². The Kier molecular flexibility index (Phi) is 6.77. The summed E-state index contributed by atoms with van der Waals surface area (Å²) in [5.41, 5.74) is 1.38. The van der Waals surface area contributed by atoms with Gasteiger partial charge in [-0.25, -0.2) is 4.98 Å². The molecule has 3 aromatic rings. The number of amides is 1. The van der Waals surface area contributed by atoms with E-state index in [1.54, 1.807) is 19.4 Å². The highest BCUT2D eigenvalue weighted by Crippen LogP contribution is 2.30. The monoisotopic (exact) mass is 417 g/mol. The molecule has 6 heteroatoms. The minimum absolute atomic E-state index is 0.0461. The fourth-order valence-electron chi connectivity index (χ4n) is 3.85. The first-order valence-corrected chi connectivity index (χ1v) is 10.8. The Morgan fingerprint density at radius 3 is 2.52 bits per heavy atom. The molecule has 0 saturated heterocycles. The number of para-hydroxylation sites is 2. The molecule has 1 heterocycles. The molecule has 1 saturated carbocycles. The minimum Gasteiger partial charge on any atom is -0.493 e. The normalized spacial score (nSPS) is 14.5. The Labute approximate surface area is 182 Å². The third-order valence-electron chi connectivity index (χ3n) is 5.49. The zero-order valence-corrected chi connectivity index (χ0v) is 17.7. The fourth-order valence-corrected chi connectivity index (χ4v) is 3.85. The summed E-state index contributed by atoms with van der Waals surface area (Å²) in [4.78, 5) is 21.7. The first kappa shape index (κ1) is 20.8. The Balaban J connectivity index is 1.51. The van der Waals surface area contributed by atoms with Crippen molar-refractivity contribution in [1.82, 2.24) is 15.3 Å². The highest BCUT2D eigenvalue weighted by molar-refractivity contribution is 5.95. The number of hydrogen-bond acceptors (Lipinski definition) is 5. The van der Waals surface area contributed by atoms with Crippen LogP contribution in [0.4, 0.5) is 0 Å². The minimum atomic E-state index is -0.0461. The maximum absolute atomic E-state index is 12.8. The largest absolute Gasteiger partial charge is 0.493 e. The number of aromatic nitrogens is 2. The van der Waals surface area contributed by atoms with Crippen LogP contribution in [0.3, 0.4) is 0 Å². The molecule has 0 spiro atoms. The molecule has 2 aromatic carbocycles. The third kappa shape index (κ3) is 5.40. The molecule has 0 atom stereocenters. The van der Waals surface area contributed by atoms with E-state index in [1.807, 2.05) is 48.5 Å². The predicted octanol–water partition coefficient (Wildman–Crippen LogP) is 5.40. The van der Waals surface area contributed by atoms with Crippen LogP contribution in [0.25, 0.3) is 11.4 Å². The summed E-state index contributed by atoms with van der Waals surface area (Å²) < 4.78 is 11.2. The zero-order chi connectivity index (χ0) is 21.5. The zero-order valence-electron chi connectivity index (χ0n) is 17.7. The van der Waals surface area contributed by atoms with Gasteiger partial charge in [-0.05, 0) is 37.1 Å². The van der Waals surface area contributed by atoms with Gasteiger partial charge in [0.1, 0.15) is 0 Å². The molecule has 0 radical (unpaired) electrons. The topological polar surface area (TPSA) is 73.3 Å². The summed E-state index contributed by atoms with van der Waals surface area (Å²) in [6, 6.07) is 16.7. The van der Waals surface area contributed by atoms with Gasteiger partial charge in [0, 0.05) is 29.4 Å². The van der Waals surface area contributed by atoms with Gasteiger partial charge in [0.25, 0.3) is 5.91 Å². The second-order valence-corrected chi connectivity index (χ2v) is 7.71. The highest BCUT2D eigenvalue weighted by Gasteiger charge is 2.16. The van der Waals surface area contributed by atoms with Crippen LogP contribution in [0.5, 0.6) is 17.4 Å². The second kappa shape index (κ2) is 10.1. The Hall–Kier alpha value is -3.41. The average Bonchev–Trinajstić information content (AvgIpc) is 3.08. The number of nitrogens with one attached hydrogen (secondary N) is 1. The van der Waals surface area contributed by atoms with Gasteiger partial charge in [-0.2, -0.15) is 4.98 Å². The summed E-state index contributed by atoms with van der Waals surface area (Å²) in [5, 5.41) is 3.19. The lowest BCUT2D eigenvalue weighted by atomic mass is 10.1. The molecule has 0 aliphatic heterocycles. The van der Waals surface area contributed by atoms with Gasteiger partial charge in [0.2, 0.25) is 5.88 Å². The van der Waals surface area contributed by atoms with Crippen LogP contribution < -0.4 is 14.8 Å². The number of ether oxygens (including phenoxy) is 2. The van der Waals surface area contributed by atoms with Crippen molar-refractivity contribution in [3.8, 4) is 28.8 Å². The van der Waals surface area contributed by atoms with E-state index in [-0.39, 0.29) is 11.9 Å². The first-order valence-electron chi connectivity index (χ1n) is 10.8. The van der Waals surface area contributed by atoms with Crippen LogP contribution >= 0.6 is 0 Å². The SMILES string of the molecule is COc1ccccc1Oc1ccnc(-c2cccc(C(=O)NC3CCCCCC3)c2)n1. The van der Waals surface area contributed by atoms with Crippen molar-refractivity contribution < 1.29 is 14.3 Å². The number of carbonyl (C=O) groups is 1. The van der Waals surface area contributed by atoms with Gasteiger partial charge in [0.05, 0.1) is 7.11 Å². The van der Waals surface area contributed by atoms with Gasteiger partial charge in [-0.15, -0.1) is 0 Å². The van der Waals surface area contributed by atoms with Crippen LogP contribution in [0.15, 0.2) is 60.8 Å². The molecular formula is C25H27N3O3. The molecule has 1 amide bonds. The molecule has 31 heavy (non-hydrogen) atoms. The lowest BCUT2D eigenvalue weighted by molar-refractivity contribution is 0.0933. The molecule has 1 aliphatic rings. The molecular weight excluding hydrogens is 390 g/mol. The van der Waals surface area contributed by atoms with Gasteiger partial charge in [-0.3, -0.25) is 4.79 Å². The Bertz CT molecular complexity index is 1030. The van der Waals surface area contributed by atoms with E-state index >= 15 is 0 Å². The van der Waals surface area contributed by atoms with Crippen LogP contribution in [0.2, 0.25) is 0 Å². The highest BCUT2D eigenvalue weighted by atomic mass is 16.5. The molecule has 1 N–H and O–H groups in total. The van der Waals surface area contributed by atoms with Crippen molar-refractivity contribution >= 4 is 5.91 Å². The molecule has 160 valence electrons.